The highest BCUT2D eigenvalue weighted by Gasteiger charge is 2.34. The van der Waals surface area contributed by atoms with Gasteiger partial charge in [0.25, 0.3) is 0 Å². The zero-order valence-corrected chi connectivity index (χ0v) is 15.2. The standard InChI is InChI=1S/C16H18ClN5OS/c1-9-12-6-21(7-13(12)19-10(2)15(9)17)14(23)3-11-4-22(5-11)16-20-18-8-24-16/h8,11H,3-7H2,1-2H3. The van der Waals surface area contributed by atoms with Gasteiger partial charge in [0.1, 0.15) is 5.51 Å². The summed E-state index contributed by atoms with van der Waals surface area (Å²) in [4.78, 5) is 21.2. The summed E-state index contributed by atoms with van der Waals surface area (Å²) in [6.07, 6.45) is 0.578. The average Bonchev–Trinajstić information content (AvgIpc) is 3.17. The molecule has 0 aliphatic carbocycles. The first-order valence-corrected chi connectivity index (χ1v) is 9.22. The molecule has 0 atom stereocenters. The van der Waals surface area contributed by atoms with Crippen LogP contribution in [-0.4, -0.2) is 39.1 Å². The van der Waals surface area contributed by atoms with Crippen molar-refractivity contribution < 1.29 is 4.79 Å². The van der Waals surface area contributed by atoms with E-state index in [0.29, 0.717) is 25.4 Å². The Labute approximate surface area is 149 Å². The van der Waals surface area contributed by atoms with Crippen molar-refractivity contribution in [3.8, 4) is 0 Å². The third-order valence-corrected chi connectivity index (χ3v) is 6.14. The van der Waals surface area contributed by atoms with Crippen molar-refractivity contribution in [2.45, 2.75) is 33.4 Å². The minimum absolute atomic E-state index is 0.197. The molecule has 4 rings (SSSR count). The van der Waals surface area contributed by atoms with E-state index < -0.39 is 0 Å². The van der Waals surface area contributed by atoms with Crippen LogP contribution in [0.1, 0.15) is 28.9 Å². The van der Waals surface area contributed by atoms with Crippen LogP contribution in [-0.2, 0) is 17.9 Å². The number of fused-ring (bicyclic) bond motifs is 1. The molecule has 6 nitrogen and oxygen atoms in total. The first-order chi connectivity index (χ1) is 11.5. The summed E-state index contributed by atoms with van der Waals surface area (Å²) in [7, 11) is 0. The molecule has 2 aliphatic rings. The lowest BCUT2D eigenvalue weighted by Gasteiger charge is -2.39. The van der Waals surface area contributed by atoms with Gasteiger partial charge in [-0.25, -0.2) is 0 Å². The molecule has 1 amide bonds. The molecule has 0 spiro atoms. The Morgan fingerprint density at radius 3 is 2.88 bits per heavy atom. The third kappa shape index (κ3) is 2.65. The molecule has 0 N–H and O–H groups in total. The Bertz CT molecular complexity index is 788. The van der Waals surface area contributed by atoms with E-state index >= 15 is 0 Å². The number of nitrogens with zero attached hydrogens (tertiary/aromatic N) is 5. The molecule has 0 saturated carbocycles. The quantitative estimate of drug-likeness (QED) is 0.838. The van der Waals surface area contributed by atoms with Crippen LogP contribution in [0.4, 0.5) is 5.13 Å². The summed E-state index contributed by atoms with van der Waals surface area (Å²) in [6, 6.07) is 0. The molecular weight excluding hydrogens is 346 g/mol. The van der Waals surface area contributed by atoms with Crippen molar-refractivity contribution in [3.05, 3.63) is 33.0 Å². The number of aromatic nitrogens is 3. The Morgan fingerprint density at radius 1 is 1.38 bits per heavy atom. The molecule has 1 fully saturated rings. The van der Waals surface area contributed by atoms with E-state index in [9.17, 15) is 4.79 Å². The molecule has 8 heteroatoms. The third-order valence-electron chi connectivity index (χ3n) is 4.83. The Kier molecular flexibility index (Phi) is 3.92. The van der Waals surface area contributed by atoms with Crippen molar-refractivity contribution in [1.82, 2.24) is 20.1 Å². The van der Waals surface area contributed by atoms with Gasteiger partial charge in [0, 0.05) is 32.0 Å². The molecule has 0 aromatic carbocycles. The van der Waals surface area contributed by atoms with E-state index in [2.05, 4.69) is 20.1 Å². The number of carbonyl (C=O) groups is 1. The van der Waals surface area contributed by atoms with Crippen LogP contribution in [0.3, 0.4) is 0 Å². The largest absolute Gasteiger partial charge is 0.346 e. The molecule has 24 heavy (non-hydrogen) atoms. The minimum atomic E-state index is 0.197. The second kappa shape index (κ2) is 5.97. The van der Waals surface area contributed by atoms with E-state index in [4.69, 9.17) is 11.6 Å². The van der Waals surface area contributed by atoms with Crippen LogP contribution >= 0.6 is 22.9 Å². The maximum Gasteiger partial charge on any atom is 0.223 e. The second-order valence-corrected chi connectivity index (χ2v) is 7.70. The summed E-state index contributed by atoms with van der Waals surface area (Å²) in [6.45, 7) is 6.90. The lowest BCUT2D eigenvalue weighted by atomic mass is 9.96. The lowest BCUT2D eigenvalue weighted by molar-refractivity contribution is -0.133. The van der Waals surface area contributed by atoms with E-state index in [1.807, 2.05) is 18.7 Å². The average molecular weight is 364 g/mol. The smallest absolute Gasteiger partial charge is 0.223 e. The predicted octanol–water partition coefficient (Wildman–Crippen LogP) is 2.57. The van der Waals surface area contributed by atoms with Gasteiger partial charge in [-0.05, 0) is 25.0 Å². The molecule has 2 aromatic heterocycles. The number of halogens is 1. The molecule has 0 unspecified atom stereocenters. The fraction of sp³-hybridized carbons (Fsp3) is 0.500. The monoisotopic (exact) mass is 363 g/mol. The lowest BCUT2D eigenvalue weighted by Crippen LogP contribution is -2.48. The minimum Gasteiger partial charge on any atom is -0.346 e. The molecule has 4 heterocycles. The maximum absolute atomic E-state index is 12.6. The maximum atomic E-state index is 12.6. The van der Waals surface area contributed by atoms with Gasteiger partial charge in [-0.15, -0.1) is 10.2 Å². The first-order valence-electron chi connectivity index (χ1n) is 7.96. The van der Waals surface area contributed by atoms with Crippen LogP contribution in [0, 0.1) is 19.8 Å². The van der Waals surface area contributed by atoms with Gasteiger partial charge in [0.05, 0.1) is 23.0 Å². The SMILES string of the molecule is Cc1nc2c(c(C)c1Cl)CN(C(=O)CC1CN(c3nncs3)C1)C2. The molecule has 0 radical (unpaired) electrons. The van der Waals surface area contributed by atoms with Gasteiger partial charge in [0.2, 0.25) is 11.0 Å². The van der Waals surface area contributed by atoms with Crippen molar-refractivity contribution in [3.63, 3.8) is 0 Å². The van der Waals surface area contributed by atoms with Gasteiger partial charge in [-0.3, -0.25) is 9.78 Å². The van der Waals surface area contributed by atoms with Gasteiger partial charge in [-0.2, -0.15) is 0 Å². The summed E-state index contributed by atoms with van der Waals surface area (Å²) in [5.41, 5.74) is 5.74. The summed E-state index contributed by atoms with van der Waals surface area (Å²) < 4.78 is 0. The molecule has 0 bridgehead atoms. The van der Waals surface area contributed by atoms with E-state index in [0.717, 1.165) is 45.8 Å². The van der Waals surface area contributed by atoms with E-state index in [1.165, 1.54) is 11.3 Å². The van der Waals surface area contributed by atoms with Crippen LogP contribution < -0.4 is 4.90 Å². The zero-order valence-electron chi connectivity index (χ0n) is 13.6. The Morgan fingerprint density at radius 2 is 2.17 bits per heavy atom. The van der Waals surface area contributed by atoms with Crippen LogP contribution in [0.15, 0.2) is 5.51 Å². The van der Waals surface area contributed by atoms with Crippen molar-refractivity contribution in [2.24, 2.45) is 5.92 Å². The van der Waals surface area contributed by atoms with Crippen molar-refractivity contribution in [1.29, 1.82) is 0 Å². The first kappa shape index (κ1) is 15.8. The number of hydrogen-bond acceptors (Lipinski definition) is 6. The number of rotatable bonds is 3. The van der Waals surface area contributed by atoms with Crippen LogP contribution in [0.2, 0.25) is 5.02 Å². The highest BCUT2D eigenvalue weighted by Crippen LogP contribution is 2.32. The van der Waals surface area contributed by atoms with Crippen molar-refractivity contribution >= 4 is 34.0 Å². The van der Waals surface area contributed by atoms with E-state index in [-0.39, 0.29) is 5.91 Å². The Hall–Kier alpha value is -1.73. The van der Waals surface area contributed by atoms with Crippen LogP contribution in [0.5, 0.6) is 0 Å². The number of aryl methyl sites for hydroxylation is 1. The second-order valence-electron chi connectivity index (χ2n) is 6.51. The highest BCUT2D eigenvalue weighted by atomic mass is 35.5. The fourth-order valence-corrected chi connectivity index (χ4v) is 4.16. The molecule has 2 aliphatic heterocycles. The van der Waals surface area contributed by atoms with Gasteiger partial charge >= 0.3 is 0 Å². The number of carbonyl (C=O) groups excluding carboxylic acids is 1. The summed E-state index contributed by atoms with van der Waals surface area (Å²) in [5, 5.41) is 9.57. The molecule has 2 aromatic rings. The number of anilines is 1. The number of amides is 1. The summed E-state index contributed by atoms with van der Waals surface area (Å²) >= 11 is 7.82. The zero-order chi connectivity index (χ0) is 16.8. The number of hydrogen-bond donors (Lipinski definition) is 0. The van der Waals surface area contributed by atoms with Gasteiger partial charge in [0.15, 0.2) is 0 Å². The highest BCUT2D eigenvalue weighted by molar-refractivity contribution is 7.13. The topological polar surface area (TPSA) is 62.2 Å². The fourth-order valence-electron chi connectivity index (χ4n) is 3.42. The normalized spacial score (nSPS) is 17.1. The van der Waals surface area contributed by atoms with E-state index in [1.54, 1.807) is 5.51 Å². The van der Waals surface area contributed by atoms with Gasteiger partial charge < -0.3 is 9.80 Å². The molecular formula is C16H18ClN5OS. The number of pyridine rings is 1. The van der Waals surface area contributed by atoms with Crippen molar-refractivity contribution in [2.75, 3.05) is 18.0 Å². The summed E-state index contributed by atoms with van der Waals surface area (Å²) in [5.74, 6) is 0.590. The molecule has 1 saturated heterocycles. The Balaban J connectivity index is 1.36. The molecule has 126 valence electrons. The van der Waals surface area contributed by atoms with Gasteiger partial charge in [-0.1, -0.05) is 22.9 Å². The predicted molar refractivity (Wildman–Crippen MR) is 93.2 cm³/mol. The van der Waals surface area contributed by atoms with Crippen LogP contribution in [0.25, 0.3) is 0 Å².